The second kappa shape index (κ2) is 8.68. The Labute approximate surface area is 177 Å². The summed E-state index contributed by atoms with van der Waals surface area (Å²) in [6.45, 7) is 2.69. The van der Waals surface area contributed by atoms with Crippen LogP contribution in [0.4, 0.5) is 5.82 Å². The average molecular weight is 411 g/mol. The van der Waals surface area contributed by atoms with Crippen LogP contribution >= 0.6 is 0 Å². The smallest absolute Gasteiger partial charge is 0.239 e. The van der Waals surface area contributed by atoms with Gasteiger partial charge in [-0.15, -0.1) is 0 Å². The summed E-state index contributed by atoms with van der Waals surface area (Å²) in [5, 5.41) is 7.56. The molecular formula is C23H30N4O3. The highest BCUT2D eigenvalue weighted by atomic mass is 16.5. The molecule has 0 spiro atoms. The van der Waals surface area contributed by atoms with Crippen LogP contribution in [0.15, 0.2) is 30.5 Å². The first kappa shape index (κ1) is 19.4. The molecule has 1 aromatic heterocycles. The Kier molecular flexibility index (Phi) is 5.62. The van der Waals surface area contributed by atoms with Crippen LogP contribution in [0.1, 0.15) is 62.6 Å². The van der Waals surface area contributed by atoms with Crippen LogP contribution in [-0.2, 0) is 4.79 Å². The van der Waals surface area contributed by atoms with Crippen molar-refractivity contribution in [2.24, 2.45) is 0 Å². The molecule has 2 aliphatic heterocycles. The van der Waals surface area contributed by atoms with Crippen molar-refractivity contribution in [1.82, 2.24) is 14.7 Å². The number of nitrogens with zero attached hydrogens (tertiary/aromatic N) is 3. The Hall–Kier alpha value is -2.54. The SMILES string of the molecule is O=C(CN1CCC[C@H]1c1ccc2c(c1)OCCCO2)Nc1ccnn1C1CCCC1. The Morgan fingerprint density at radius 3 is 2.73 bits per heavy atom. The highest BCUT2D eigenvalue weighted by Gasteiger charge is 2.29. The fraction of sp³-hybridized carbons (Fsp3) is 0.565. The fourth-order valence-electron chi connectivity index (χ4n) is 5.00. The molecule has 3 heterocycles. The summed E-state index contributed by atoms with van der Waals surface area (Å²) in [6, 6.07) is 8.76. The normalized spacial score (nSPS) is 22.2. The summed E-state index contributed by atoms with van der Waals surface area (Å²) in [5.74, 6) is 2.48. The Bertz CT molecular complexity index is 890. The molecule has 0 unspecified atom stereocenters. The molecule has 7 heteroatoms. The van der Waals surface area contributed by atoms with Crippen molar-refractivity contribution in [3.05, 3.63) is 36.0 Å². The van der Waals surface area contributed by atoms with Crippen molar-refractivity contribution in [2.75, 3.05) is 31.6 Å². The van der Waals surface area contributed by atoms with Crippen molar-refractivity contribution in [2.45, 2.75) is 57.0 Å². The number of amides is 1. The lowest BCUT2D eigenvalue weighted by Gasteiger charge is -2.25. The molecule has 160 valence electrons. The van der Waals surface area contributed by atoms with E-state index >= 15 is 0 Å². The topological polar surface area (TPSA) is 68.6 Å². The molecule has 1 saturated heterocycles. The first-order valence-corrected chi connectivity index (χ1v) is 11.2. The summed E-state index contributed by atoms with van der Waals surface area (Å²) >= 11 is 0. The average Bonchev–Trinajstić information content (AvgIpc) is 3.48. The van der Waals surface area contributed by atoms with Crippen LogP contribution in [0.2, 0.25) is 0 Å². The first-order valence-electron chi connectivity index (χ1n) is 11.2. The minimum atomic E-state index is 0.0241. The number of fused-ring (bicyclic) bond motifs is 1. The van der Waals surface area contributed by atoms with Gasteiger partial charge in [0.15, 0.2) is 11.5 Å². The molecule has 1 saturated carbocycles. The molecular weight excluding hydrogens is 380 g/mol. The lowest BCUT2D eigenvalue weighted by atomic mass is 10.0. The van der Waals surface area contributed by atoms with E-state index in [1.807, 2.05) is 16.8 Å². The van der Waals surface area contributed by atoms with E-state index in [0.29, 0.717) is 25.8 Å². The number of nitrogens with one attached hydrogen (secondary N) is 1. The monoisotopic (exact) mass is 410 g/mol. The largest absolute Gasteiger partial charge is 0.490 e. The van der Waals surface area contributed by atoms with Crippen LogP contribution in [0.3, 0.4) is 0 Å². The maximum Gasteiger partial charge on any atom is 0.239 e. The van der Waals surface area contributed by atoms with E-state index in [0.717, 1.165) is 56.0 Å². The van der Waals surface area contributed by atoms with E-state index in [2.05, 4.69) is 27.4 Å². The maximum absolute atomic E-state index is 12.8. The number of aromatic nitrogens is 2. The van der Waals surface area contributed by atoms with Gasteiger partial charge in [0.1, 0.15) is 5.82 Å². The van der Waals surface area contributed by atoms with Crippen molar-refractivity contribution in [3.8, 4) is 11.5 Å². The summed E-state index contributed by atoms with van der Waals surface area (Å²) in [4.78, 5) is 15.1. The quantitative estimate of drug-likeness (QED) is 0.809. The number of likely N-dealkylation sites (tertiary alicyclic amines) is 1. The van der Waals surface area contributed by atoms with Gasteiger partial charge < -0.3 is 14.8 Å². The zero-order valence-corrected chi connectivity index (χ0v) is 17.4. The zero-order valence-electron chi connectivity index (χ0n) is 17.4. The van der Waals surface area contributed by atoms with Crippen molar-refractivity contribution >= 4 is 11.7 Å². The van der Waals surface area contributed by atoms with Gasteiger partial charge in [-0.3, -0.25) is 9.69 Å². The Morgan fingerprint density at radius 1 is 1.03 bits per heavy atom. The molecule has 3 aliphatic rings. The number of carbonyl (C=O) groups is 1. The van der Waals surface area contributed by atoms with Gasteiger partial charge in [-0.2, -0.15) is 5.10 Å². The number of carbonyl (C=O) groups excluding carboxylic acids is 1. The molecule has 1 aromatic carbocycles. The maximum atomic E-state index is 12.8. The molecule has 0 radical (unpaired) electrons. The lowest BCUT2D eigenvalue weighted by molar-refractivity contribution is -0.117. The van der Waals surface area contributed by atoms with Gasteiger partial charge in [0, 0.05) is 18.5 Å². The molecule has 1 N–H and O–H groups in total. The van der Waals surface area contributed by atoms with Crippen molar-refractivity contribution in [3.63, 3.8) is 0 Å². The standard InChI is InChI=1S/C23H30N4O3/c28-23(25-22-10-11-24-27(22)18-5-1-2-6-18)16-26-12-3-7-19(26)17-8-9-20-21(15-17)30-14-4-13-29-20/h8-11,15,18-19H,1-7,12-14,16H2,(H,25,28)/t19-/m0/s1. The number of hydrogen-bond acceptors (Lipinski definition) is 5. The second-order valence-corrected chi connectivity index (χ2v) is 8.53. The second-order valence-electron chi connectivity index (χ2n) is 8.53. The van der Waals surface area contributed by atoms with Gasteiger partial charge >= 0.3 is 0 Å². The highest BCUT2D eigenvalue weighted by molar-refractivity contribution is 5.91. The van der Waals surface area contributed by atoms with Crippen LogP contribution < -0.4 is 14.8 Å². The summed E-state index contributed by atoms with van der Waals surface area (Å²) in [6.07, 6.45) is 9.58. The van der Waals surface area contributed by atoms with E-state index < -0.39 is 0 Å². The third-order valence-corrected chi connectivity index (χ3v) is 6.48. The number of anilines is 1. The summed E-state index contributed by atoms with van der Waals surface area (Å²) < 4.78 is 13.6. The van der Waals surface area contributed by atoms with E-state index in [9.17, 15) is 4.79 Å². The number of ether oxygens (including phenoxy) is 2. The van der Waals surface area contributed by atoms with Crippen LogP contribution in [0, 0.1) is 0 Å². The van der Waals surface area contributed by atoms with Gasteiger partial charge in [-0.05, 0) is 49.9 Å². The third kappa shape index (κ3) is 4.03. The summed E-state index contributed by atoms with van der Waals surface area (Å²) in [7, 11) is 0. The minimum absolute atomic E-state index is 0.0241. The number of benzene rings is 1. The predicted molar refractivity (Wildman–Crippen MR) is 114 cm³/mol. The van der Waals surface area contributed by atoms with E-state index in [-0.39, 0.29) is 11.9 Å². The molecule has 1 aliphatic carbocycles. The molecule has 5 rings (SSSR count). The van der Waals surface area contributed by atoms with Crippen molar-refractivity contribution in [1.29, 1.82) is 0 Å². The molecule has 1 atom stereocenters. The minimum Gasteiger partial charge on any atom is -0.490 e. The molecule has 30 heavy (non-hydrogen) atoms. The fourth-order valence-corrected chi connectivity index (χ4v) is 5.00. The molecule has 1 amide bonds. The van der Waals surface area contributed by atoms with E-state index in [1.165, 1.54) is 18.4 Å². The molecule has 7 nitrogen and oxygen atoms in total. The highest BCUT2D eigenvalue weighted by Crippen LogP contribution is 2.38. The van der Waals surface area contributed by atoms with Gasteiger partial charge in [0.05, 0.1) is 32.0 Å². The third-order valence-electron chi connectivity index (χ3n) is 6.48. The Morgan fingerprint density at radius 2 is 1.87 bits per heavy atom. The zero-order chi connectivity index (χ0) is 20.3. The van der Waals surface area contributed by atoms with Gasteiger partial charge in [-0.25, -0.2) is 4.68 Å². The first-order chi connectivity index (χ1) is 14.8. The van der Waals surface area contributed by atoms with Gasteiger partial charge in [0.2, 0.25) is 5.91 Å². The van der Waals surface area contributed by atoms with Crippen molar-refractivity contribution < 1.29 is 14.3 Å². The number of hydrogen-bond donors (Lipinski definition) is 1. The molecule has 2 aromatic rings. The van der Waals surface area contributed by atoms with E-state index in [1.54, 1.807) is 6.20 Å². The van der Waals surface area contributed by atoms with Gasteiger partial charge in [0.25, 0.3) is 0 Å². The van der Waals surface area contributed by atoms with E-state index in [4.69, 9.17) is 9.47 Å². The van der Waals surface area contributed by atoms with Gasteiger partial charge in [-0.1, -0.05) is 18.9 Å². The predicted octanol–water partition coefficient (Wildman–Crippen LogP) is 3.94. The summed E-state index contributed by atoms with van der Waals surface area (Å²) in [5.41, 5.74) is 1.19. The molecule has 2 fully saturated rings. The van der Waals surface area contributed by atoms with Crippen LogP contribution in [-0.4, -0.2) is 46.9 Å². The van der Waals surface area contributed by atoms with Crippen LogP contribution in [0.5, 0.6) is 11.5 Å². The molecule has 0 bridgehead atoms. The van der Waals surface area contributed by atoms with Crippen LogP contribution in [0.25, 0.3) is 0 Å². The lowest BCUT2D eigenvalue weighted by Crippen LogP contribution is -2.33. The number of rotatable bonds is 5. The Balaban J connectivity index is 1.25.